The molecule has 0 bridgehead atoms. The van der Waals surface area contributed by atoms with Crippen LogP contribution >= 0.6 is 0 Å². The van der Waals surface area contributed by atoms with Crippen molar-refractivity contribution < 1.29 is 0 Å². The van der Waals surface area contributed by atoms with Gasteiger partial charge in [0, 0.05) is 24.0 Å². The van der Waals surface area contributed by atoms with Crippen molar-refractivity contribution in [2.75, 3.05) is 0 Å². The van der Waals surface area contributed by atoms with Gasteiger partial charge in [0.2, 0.25) is 0 Å². The van der Waals surface area contributed by atoms with Gasteiger partial charge in [-0.3, -0.25) is 0 Å². The van der Waals surface area contributed by atoms with Crippen LogP contribution in [0.2, 0.25) is 0 Å². The van der Waals surface area contributed by atoms with Crippen molar-refractivity contribution >= 4 is 0 Å². The lowest BCUT2D eigenvalue weighted by atomic mass is 9.98. The molecule has 0 nitrogen and oxygen atoms in total. The molecule has 0 saturated heterocycles. The molecular weight excluding hydrogens is 360 g/mol. The fourth-order valence-electron chi connectivity index (χ4n) is 4.09. The summed E-state index contributed by atoms with van der Waals surface area (Å²) in [5, 5.41) is 0. The van der Waals surface area contributed by atoms with Crippen LogP contribution in [-0.4, -0.2) is 0 Å². The predicted molar refractivity (Wildman–Crippen MR) is 133 cm³/mol. The molecule has 0 spiro atoms. The van der Waals surface area contributed by atoms with Gasteiger partial charge < -0.3 is 0 Å². The molecule has 158 valence electrons. The zero-order valence-electron chi connectivity index (χ0n) is 20.7. The van der Waals surface area contributed by atoms with E-state index in [0.717, 1.165) is 12.8 Å². The van der Waals surface area contributed by atoms with Crippen molar-refractivity contribution in [1.82, 2.24) is 0 Å². The zero-order chi connectivity index (χ0) is 22.6. The molecule has 0 N–H and O–H groups in total. The van der Waals surface area contributed by atoms with E-state index in [-0.39, 0.29) is 0 Å². The lowest BCUT2D eigenvalue weighted by Crippen LogP contribution is -1.93. The lowest BCUT2D eigenvalue weighted by Gasteiger charge is -2.07. The van der Waals surface area contributed by atoms with Crippen LogP contribution in [0.3, 0.4) is 0 Å². The minimum Gasteiger partial charge on any atom is -0.0696 e. The second-order valence-electron chi connectivity index (χ2n) is 9.36. The van der Waals surface area contributed by atoms with Gasteiger partial charge in [0.25, 0.3) is 0 Å². The van der Waals surface area contributed by atoms with Crippen molar-refractivity contribution in [2.45, 2.75) is 82.1 Å². The van der Waals surface area contributed by atoms with Crippen LogP contribution in [-0.2, 0) is 0 Å². The topological polar surface area (TPSA) is 0 Å². The average Bonchev–Trinajstić information content (AvgIpc) is 3.13. The lowest BCUT2D eigenvalue weighted by molar-refractivity contribution is 0.742. The summed E-state index contributed by atoms with van der Waals surface area (Å²) >= 11 is 0. The van der Waals surface area contributed by atoms with Crippen LogP contribution in [0.15, 0.2) is 67.9 Å². The molecule has 0 aromatic rings. The van der Waals surface area contributed by atoms with Crippen molar-refractivity contribution in [2.24, 2.45) is 11.8 Å². The van der Waals surface area contributed by atoms with Gasteiger partial charge in [-0.2, -0.15) is 0 Å². The van der Waals surface area contributed by atoms with Crippen LogP contribution in [0.5, 0.6) is 0 Å². The molecule has 0 aromatic heterocycles. The Morgan fingerprint density at radius 1 is 0.633 bits per heavy atom. The van der Waals surface area contributed by atoms with Crippen molar-refractivity contribution in [3.05, 3.63) is 67.9 Å². The van der Waals surface area contributed by atoms with E-state index in [0.29, 0.717) is 11.8 Å². The monoisotopic (exact) mass is 398 g/mol. The summed E-state index contributed by atoms with van der Waals surface area (Å²) in [7, 11) is 0. The molecule has 2 rings (SSSR count). The molecule has 0 amide bonds. The van der Waals surface area contributed by atoms with E-state index < -0.39 is 0 Å². The normalized spacial score (nSPS) is 18.0. The maximum absolute atomic E-state index is 3.39. The molecule has 0 saturated carbocycles. The number of hydrogen-bond acceptors (Lipinski definition) is 0. The summed E-state index contributed by atoms with van der Waals surface area (Å²) in [4.78, 5) is 0. The third kappa shape index (κ3) is 5.37. The molecule has 0 atom stereocenters. The van der Waals surface area contributed by atoms with E-state index in [1.807, 2.05) is 12.2 Å². The Bertz CT molecular complexity index is 943. The van der Waals surface area contributed by atoms with Crippen molar-refractivity contribution in [3.63, 3.8) is 0 Å². The molecule has 0 fully saturated rings. The first-order valence-electron chi connectivity index (χ1n) is 11.2. The van der Waals surface area contributed by atoms with E-state index >= 15 is 0 Å². The van der Waals surface area contributed by atoms with Gasteiger partial charge in [-0.05, 0) is 99.0 Å². The van der Waals surface area contributed by atoms with Gasteiger partial charge in [-0.25, -0.2) is 0 Å². The summed E-state index contributed by atoms with van der Waals surface area (Å²) in [5.74, 6) is 14.5. The number of allylic oxidation sites excluding steroid dienone is 12. The van der Waals surface area contributed by atoms with Gasteiger partial charge in [-0.15, -0.1) is 0 Å². The van der Waals surface area contributed by atoms with Crippen LogP contribution in [0, 0.1) is 35.5 Å². The van der Waals surface area contributed by atoms with Gasteiger partial charge in [0.15, 0.2) is 0 Å². The molecule has 2 aliphatic carbocycles. The van der Waals surface area contributed by atoms with E-state index in [4.69, 9.17) is 0 Å². The molecule has 0 aromatic carbocycles. The standard InChI is InChI=1S/C30H38/c1-19(2)29-17-27(23(7)25(29)9)15-11-13-21(5)22(6)14-12-16-28-18-30(20(3)4)26(10)24(28)8/h13-14,19-20H,17-18H2,1-10H3. The molecular formula is C30H38. The highest BCUT2D eigenvalue weighted by Crippen LogP contribution is 2.36. The molecule has 0 radical (unpaired) electrons. The predicted octanol–water partition coefficient (Wildman–Crippen LogP) is 8.27. The third-order valence-electron chi connectivity index (χ3n) is 6.77. The SMILES string of the molecule is CC(=CC#CC1=C(C)C(C)=C(C(C)C)C1)C(C)=CC#CC1=C(C)C(C)=C(C(C)C)C1. The highest BCUT2D eigenvalue weighted by Gasteiger charge is 2.20. The quantitative estimate of drug-likeness (QED) is 0.331. The van der Waals surface area contributed by atoms with Gasteiger partial charge >= 0.3 is 0 Å². The first-order valence-corrected chi connectivity index (χ1v) is 11.2. The second-order valence-corrected chi connectivity index (χ2v) is 9.36. The van der Waals surface area contributed by atoms with Gasteiger partial charge in [-0.1, -0.05) is 62.5 Å². The van der Waals surface area contributed by atoms with E-state index in [1.165, 1.54) is 55.7 Å². The molecule has 0 aliphatic heterocycles. The van der Waals surface area contributed by atoms with Crippen molar-refractivity contribution in [3.8, 4) is 23.7 Å². The molecule has 0 heterocycles. The van der Waals surface area contributed by atoms with E-state index in [1.54, 1.807) is 0 Å². The highest BCUT2D eigenvalue weighted by atomic mass is 14.2. The average molecular weight is 399 g/mol. The fraction of sp³-hybridized carbons (Fsp3) is 0.467. The largest absolute Gasteiger partial charge is 0.0696 e. The van der Waals surface area contributed by atoms with Crippen LogP contribution in [0.4, 0.5) is 0 Å². The fourth-order valence-corrected chi connectivity index (χ4v) is 4.09. The molecule has 2 aliphatic rings. The second kappa shape index (κ2) is 10.0. The maximum atomic E-state index is 3.39. The van der Waals surface area contributed by atoms with Gasteiger partial charge in [0.05, 0.1) is 0 Å². The first kappa shape index (κ1) is 23.8. The van der Waals surface area contributed by atoms with Crippen LogP contribution < -0.4 is 0 Å². The third-order valence-corrected chi connectivity index (χ3v) is 6.77. The minimum atomic E-state index is 0.592. The molecule has 0 unspecified atom stereocenters. The Kier molecular flexibility index (Phi) is 7.98. The number of hydrogen-bond donors (Lipinski definition) is 0. The summed E-state index contributed by atoms with van der Waals surface area (Å²) in [6, 6.07) is 0. The summed E-state index contributed by atoms with van der Waals surface area (Å²) in [6.07, 6.45) is 6.07. The molecule has 30 heavy (non-hydrogen) atoms. The highest BCUT2D eigenvalue weighted by molar-refractivity contribution is 5.55. The molecule has 0 heteroatoms. The zero-order valence-corrected chi connectivity index (χ0v) is 20.7. The van der Waals surface area contributed by atoms with Crippen LogP contribution in [0.25, 0.3) is 0 Å². The van der Waals surface area contributed by atoms with Crippen molar-refractivity contribution in [1.29, 1.82) is 0 Å². The summed E-state index contributed by atoms with van der Waals surface area (Å²) in [5.41, 5.74) is 13.6. The Morgan fingerprint density at radius 3 is 1.23 bits per heavy atom. The smallest absolute Gasteiger partial charge is 0.00964 e. The first-order chi connectivity index (χ1) is 14.0. The van der Waals surface area contributed by atoms with Gasteiger partial charge in [0.1, 0.15) is 0 Å². The minimum absolute atomic E-state index is 0.592. The Balaban J connectivity index is 2.08. The van der Waals surface area contributed by atoms with E-state index in [2.05, 4.69) is 92.9 Å². The summed E-state index contributed by atoms with van der Waals surface area (Å²) < 4.78 is 0. The van der Waals surface area contributed by atoms with E-state index in [9.17, 15) is 0 Å². The maximum Gasteiger partial charge on any atom is 0.00964 e. The number of rotatable bonds is 3. The van der Waals surface area contributed by atoms with Crippen LogP contribution in [0.1, 0.15) is 82.1 Å². The Labute approximate surface area is 185 Å². The Hall–Kier alpha value is -2.44. The summed E-state index contributed by atoms with van der Waals surface area (Å²) in [6.45, 7) is 22.2. The Morgan fingerprint density at radius 2 is 0.967 bits per heavy atom.